The van der Waals surface area contributed by atoms with Gasteiger partial charge in [-0.25, -0.2) is 4.79 Å². The molecular formula is C9H16O4. The highest BCUT2D eigenvalue weighted by Gasteiger charge is 2.07. The number of carbonyl (C=O) groups is 2. The van der Waals surface area contributed by atoms with E-state index in [0.717, 1.165) is 25.7 Å². The average molecular weight is 188 g/mol. The van der Waals surface area contributed by atoms with Crippen molar-refractivity contribution < 1.29 is 19.4 Å². The zero-order valence-corrected chi connectivity index (χ0v) is 7.91. The molecule has 0 amide bonds. The van der Waals surface area contributed by atoms with E-state index < -0.39 is 18.5 Å². The fourth-order valence-corrected chi connectivity index (χ4v) is 0.906. The summed E-state index contributed by atoms with van der Waals surface area (Å²) in [5.41, 5.74) is 0. The maximum atomic E-state index is 10.8. The van der Waals surface area contributed by atoms with Crippen LogP contribution in [0.3, 0.4) is 0 Å². The first kappa shape index (κ1) is 12.1. The minimum Gasteiger partial charge on any atom is -0.391 e. The van der Waals surface area contributed by atoms with Gasteiger partial charge in [-0.2, -0.15) is 0 Å². The number of rotatable bonds is 6. The van der Waals surface area contributed by atoms with Crippen LogP contribution in [0.5, 0.6) is 0 Å². The summed E-state index contributed by atoms with van der Waals surface area (Å²) in [6.07, 6.45) is 4.15. The lowest BCUT2D eigenvalue weighted by molar-refractivity contribution is -0.161. The molecule has 0 fully saturated rings. The van der Waals surface area contributed by atoms with Gasteiger partial charge in [-0.15, -0.1) is 0 Å². The third-order valence-corrected chi connectivity index (χ3v) is 1.59. The molecule has 0 aromatic heterocycles. The van der Waals surface area contributed by atoms with Crippen molar-refractivity contribution in [3.63, 3.8) is 0 Å². The molecule has 0 atom stereocenters. The Morgan fingerprint density at radius 1 is 1.15 bits per heavy atom. The van der Waals surface area contributed by atoms with Crippen LogP contribution in [0.15, 0.2) is 0 Å². The van der Waals surface area contributed by atoms with Gasteiger partial charge in [0.15, 0.2) is 0 Å². The lowest BCUT2D eigenvalue weighted by atomic mass is 10.2. The summed E-state index contributed by atoms with van der Waals surface area (Å²) in [6.45, 7) is 1.34. The molecule has 0 aromatic rings. The van der Waals surface area contributed by atoms with Gasteiger partial charge in [-0.1, -0.05) is 26.2 Å². The van der Waals surface area contributed by atoms with Gasteiger partial charge in [0.2, 0.25) is 0 Å². The fraction of sp³-hybridized carbons (Fsp3) is 0.778. The predicted molar refractivity (Wildman–Crippen MR) is 46.9 cm³/mol. The first-order valence-corrected chi connectivity index (χ1v) is 4.55. The summed E-state index contributed by atoms with van der Waals surface area (Å²) in [4.78, 5) is 21.2. The Bertz CT molecular complexity index is 165. The predicted octanol–water partition coefficient (Wildman–Crippen LogP) is 1.02. The Hall–Kier alpha value is -0.900. The van der Waals surface area contributed by atoms with Crippen LogP contribution in [0.2, 0.25) is 0 Å². The van der Waals surface area contributed by atoms with Crippen LogP contribution in [0, 0.1) is 0 Å². The second-order valence-electron chi connectivity index (χ2n) is 2.81. The van der Waals surface area contributed by atoms with E-state index in [0.29, 0.717) is 0 Å². The minimum atomic E-state index is -0.875. The van der Waals surface area contributed by atoms with Crippen LogP contribution in [0.1, 0.15) is 39.0 Å². The van der Waals surface area contributed by atoms with Crippen LogP contribution in [-0.2, 0) is 14.3 Å². The minimum absolute atomic E-state index is 0.256. The molecule has 13 heavy (non-hydrogen) atoms. The topological polar surface area (TPSA) is 63.6 Å². The van der Waals surface area contributed by atoms with Crippen molar-refractivity contribution in [1.82, 2.24) is 0 Å². The maximum absolute atomic E-state index is 10.8. The molecule has 0 heterocycles. The van der Waals surface area contributed by atoms with Crippen molar-refractivity contribution in [2.24, 2.45) is 0 Å². The quantitative estimate of drug-likeness (QED) is 0.384. The van der Waals surface area contributed by atoms with E-state index in [9.17, 15) is 9.59 Å². The molecule has 0 aliphatic heterocycles. The van der Waals surface area contributed by atoms with Gasteiger partial charge in [-0.3, -0.25) is 4.79 Å². The lowest BCUT2D eigenvalue weighted by Crippen LogP contribution is -2.14. The maximum Gasteiger partial charge on any atom is 0.339 e. The highest BCUT2D eigenvalue weighted by Crippen LogP contribution is 2.03. The van der Waals surface area contributed by atoms with Crippen LogP contribution in [0.25, 0.3) is 0 Å². The van der Waals surface area contributed by atoms with Crippen molar-refractivity contribution in [2.75, 3.05) is 6.61 Å². The van der Waals surface area contributed by atoms with Gasteiger partial charge < -0.3 is 9.84 Å². The summed E-state index contributed by atoms with van der Waals surface area (Å²) in [5.74, 6) is -1.42. The normalized spacial score (nSPS) is 9.69. The molecular weight excluding hydrogens is 172 g/mol. The average Bonchev–Trinajstić information content (AvgIpc) is 2.12. The summed E-state index contributed by atoms with van der Waals surface area (Å²) >= 11 is 0. The van der Waals surface area contributed by atoms with Crippen molar-refractivity contribution in [1.29, 1.82) is 0 Å². The van der Waals surface area contributed by atoms with E-state index in [-0.39, 0.29) is 6.42 Å². The smallest absolute Gasteiger partial charge is 0.339 e. The van der Waals surface area contributed by atoms with Gasteiger partial charge in [0.1, 0.15) is 6.61 Å². The third kappa shape index (κ3) is 7.46. The molecule has 0 aromatic carbocycles. The number of unbranched alkanes of at least 4 members (excludes halogenated alkanes) is 3. The summed E-state index contributed by atoms with van der Waals surface area (Å²) in [6, 6.07) is 0. The van der Waals surface area contributed by atoms with Gasteiger partial charge >= 0.3 is 11.9 Å². The van der Waals surface area contributed by atoms with Crippen LogP contribution < -0.4 is 0 Å². The number of aliphatic hydroxyl groups excluding tert-OH is 1. The standard InChI is InChI=1S/C9H16O4/c1-2-3-4-5-6-8(11)13-9(12)7-10/h10H,2-7H2,1H3. The number of hydrogen-bond donors (Lipinski definition) is 1. The molecule has 0 radical (unpaired) electrons. The zero-order chi connectivity index (χ0) is 10.1. The van der Waals surface area contributed by atoms with Gasteiger partial charge in [-0.05, 0) is 6.42 Å². The van der Waals surface area contributed by atoms with Crippen LogP contribution in [0.4, 0.5) is 0 Å². The molecule has 0 aliphatic rings. The number of hydrogen-bond acceptors (Lipinski definition) is 4. The molecule has 0 aliphatic carbocycles. The van der Waals surface area contributed by atoms with E-state index in [1.807, 2.05) is 0 Å². The summed E-state index contributed by atoms with van der Waals surface area (Å²) in [5, 5.41) is 8.27. The van der Waals surface area contributed by atoms with E-state index in [2.05, 4.69) is 11.7 Å². The molecule has 4 heteroatoms. The third-order valence-electron chi connectivity index (χ3n) is 1.59. The molecule has 0 bridgehead atoms. The molecule has 0 spiro atoms. The number of esters is 2. The Morgan fingerprint density at radius 3 is 2.38 bits per heavy atom. The summed E-state index contributed by atoms with van der Waals surface area (Å²) in [7, 11) is 0. The van der Waals surface area contributed by atoms with Crippen LogP contribution >= 0.6 is 0 Å². The van der Waals surface area contributed by atoms with Crippen molar-refractivity contribution in [2.45, 2.75) is 39.0 Å². The van der Waals surface area contributed by atoms with E-state index in [1.165, 1.54) is 0 Å². The highest BCUT2D eigenvalue weighted by atomic mass is 16.6. The second kappa shape index (κ2) is 7.73. The van der Waals surface area contributed by atoms with Crippen molar-refractivity contribution >= 4 is 11.9 Å². The largest absolute Gasteiger partial charge is 0.391 e. The number of carbonyl (C=O) groups excluding carboxylic acids is 2. The Labute approximate surface area is 77.9 Å². The van der Waals surface area contributed by atoms with E-state index in [4.69, 9.17) is 5.11 Å². The van der Waals surface area contributed by atoms with Gasteiger partial charge in [0.05, 0.1) is 0 Å². The van der Waals surface area contributed by atoms with Crippen LogP contribution in [-0.4, -0.2) is 23.7 Å². The molecule has 0 rings (SSSR count). The van der Waals surface area contributed by atoms with Gasteiger partial charge in [0.25, 0.3) is 0 Å². The fourth-order valence-electron chi connectivity index (χ4n) is 0.906. The lowest BCUT2D eigenvalue weighted by Gasteiger charge is -2.00. The van der Waals surface area contributed by atoms with E-state index in [1.54, 1.807) is 0 Å². The van der Waals surface area contributed by atoms with Crippen molar-refractivity contribution in [3.05, 3.63) is 0 Å². The Balaban J connectivity index is 3.35. The van der Waals surface area contributed by atoms with Crippen molar-refractivity contribution in [3.8, 4) is 0 Å². The number of ether oxygens (including phenoxy) is 1. The number of aliphatic hydroxyl groups is 1. The second-order valence-corrected chi connectivity index (χ2v) is 2.81. The SMILES string of the molecule is CCCCCCC(=O)OC(=O)CO. The first-order valence-electron chi connectivity index (χ1n) is 4.55. The first-order chi connectivity index (χ1) is 6.20. The zero-order valence-electron chi connectivity index (χ0n) is 7.91. The highest BCUT2D eigenvalue weighted by molar-refractivity contribution is 5.85. The Kier molecular flexibility index (Phi) is 7.20. The summed E-state index contributed by atoms with van der Waals surface area (Å²) < 4.78 is 4.25. The van der Waals surface area contributed by atoms with Gasteiger partial charge in [0, 0.05) is 6.42 Å². The molecule has 0 unspecified atom stereocenters. The molecule has 0 saturated carbocycles. The van der Waals surface area contributed by atoms with E-state index >= 15 is 0 Å². The molecule has 76 valence electrons. The molecule has 0 saturated heterocycles. The molecule has 4 nitrogen and oxygen atoms in total. The molecule has 1 N–H and O–H groups in total. The Morgan fingerprint density at radius 2 is 1.85 bits per heavy atom. The monoisotopic (exact) mass is 188 g/mol.